The Bertz CT molecular complexity index is 351. The molecule has 0 atom stereocenters. The Balaban J connectivity index is 2.85. The molecule has 1 rings (SSSR count). The number of anilines is 1. The predicted octanol–water partition coefficient (Wildman–Crippen LogP) is 3.23. The van der Waals surface area contributed by atoms with E-state index in [0.29, 0.717) is 10.7 Å². The molecule has 0 radical (unpaired) electrons. The molecule has 13 heavy (non-hydrogen) atoms. The lowest BCUT2D eigenvalue weighted by atomic mass is 10.3. The summed E-state index contributed by atoms with van der Waals surface area (Å²) in [6.45, 7) is 3.34. The second kappa shape index (κ2) is 4.44. The van der Waals surface area contributed by atoms with Crippen molar-refractivity contribution in [3.63, 3.8) is 0 Å². The van der Waals surface area contributed by atoms with E-state index >= 15 is 0 Å². The van der Waals surface area contributed by atoms with E-state index in [0.717, 1.165) is 4.47 Å². The van der Waals surface area contributed by atoms with Gasteiger partial charge in [0.05, 0.1) is 5.02 Å². The average molecular weight is 261 g/mol. The molecule has 0 saturated carbocycles. The van der Waals surface area contributed by atoms with Gasteiger partial charge in [-0.05, 0) is 40.2 Å². The van der Waals surface area contributed by atoms with Crippen molar-refractivity contribution in [2.24, 2.45) is 0 Å². The molecule has 1 amide bonds. The fourth-order valence-electron chi connectivity index (χ4n) is 0.767. The molecule has 4 heteroatoms. The topological polar surface area (TPSA) is 29.1 Å². The minimum atomic E-state index is -0.251. The van der Waals surface area contributed by atoms with Crippen molar-refractivity contribution in [1.82, 2.24) is 0 Å². The third-order valence-corrected chi connectivity index (χ3v) is 2.61. The van der Waals surface area contributed by atoms with Crippen molar-refractivity contribution >= 4 is 39.1 Å². The van der Waals surface area contributed by atoms with Crippen LogP contribution in [0.1, 0.15) is 0 Å². The van der Waals surface area contributed by atoms with Crippen LogP contribution in [-0.4, -0.2) is 5.91 Å². The first-order valence-electron chi connectivity index (χ1n) is 3.52. The summed E-state index contributed by atoms with van der Waals surface area (Å²) in [6, 6.07) is 5.17. The summed E-state index contributed by atoms with van der Waals surface area (Å²) < 4.78 is 0.797. The largest absolute Gasteiger partial charge is 0.322 e. The van der Waals surface area contributed by atoms with E-state index in [9.17, 15) is 4.79 Å². The summed E-state index contributed by atoms with van der Waals surface area (Å²) in [5, 5.41) is 3.15. The van der Waals surface area contributed by atoms with Gasteiger partial charge in [0.1, 0.15) is 0 Å². The predicted molar refractivity (Wildman–Crippen MR) is 58.0 cm³/mol. The minimum absolute atomic E-state index is 0.251. The van der Waals surface area contributed by atoms with Crippen molar-refractivity contribution < 1.29 is 4.79 Å². The third kappa shape index (κ3) is 2.86. The fourth-order valence-corrected chi connectivity index (χ4v) is 1.19. The van der Waals surface area contributed by atoms with E-state index < -0.39 is 0 Å². The van der Waals surface area contributed by atoms with Gasteiger partial charge in [0.25, 0.3) is 0 Å². The average Bonchev–Trinajstić information content (AvgIpc) is 2.11. The zero-order valence-corrected chi connectivity index (χ0v) is 9.02. The molecule has 0 heterocycles. The molecule has 0 aromatic heterocycles. The van der Waals surface area contributed by atoms with Gasteiger partial charge < -0.3 is 5.32 Å². The highest BCUT2D eigenvalue weighted by molar-refractivity contribution is 9.10. The van der Waals surface area contributed by atoms with Crippen LogP contribution in [-0.2, 0) is 4.79 Å². The van der Waals surface area contributed by atoms with E-state index in [1.165, 1.54) is 6.08 Å². The summed E-state index contributed by atoms with van der Waals surface area (Å²) in [5.41, 5.74) is 0.651. The van der Waals surface area contributed by atoms with Crippen molar-refractivity contribution in [1.29, 1.82) is 0 Å². The van der Waals surface area contributed by atoms with E-state index in [1.54, 1.807) is 18.2 Å². The monoisotopic (exact) mass is 259 g/mol. The molecule has 0 saturated heterocycles. The number of rotatable bonds is 2. The van der Waals surface area contributed by atoms with Crippen molar-refractivity contribution in [2.45, 2.75) is 0 Å². The van der Waals surface area contributed by atoms with Crippen LogP contribution in [0.4, 0.5) is 5.69 Å². The Kier molecular flexibility index (Phi) is 3.51. The molecule has 1 N–H and O–H groups in total. The number of halogens is 2. The Hall–Kier alpha value is -0.800. The molecule has 0 fully saturated rings. The minimum Gasteiger partial charge on any atom is -0.322 e. The SMILES string of the molecule is C=CC(=O)Nc1ccc(Br)c(Cl)c1. The number of amides is 1. The maximum Gasteiger partial charge on any atom is 0.247 e. The lowest BCUT2D eigenvalue weighted by Gasteiger charge is -2.02. The highest BCUT2D eigenvalue weighted by Gasteiger charge is 2.00. The summed E-state index contributed by atoms with van der Waals surface area (Å²) in [5.74, 6) is -0.251. The molecule has 68 valence electrons. The Morgan fingerprint density at radius 3 is 2.85 bits per heavy atom. The van der Waals surface area contributed by atoms with Gasteiger partial charge in [0.15, 0.2) is 0 Å². The van der Waals surface area contributed by atoms with Gasteiger partial charge in [-0.15, -0.1) is 0 Å². The van der Waals surface area contributed by atoms with Gasteiger partial charge in [0, 0.05) is 10.2 Å². The van der Waals surface area contributed by atoms with Gasteiger partial charge in [-0.1, -0.05) is 18.2 Å². The first-order chi connectivity index (χ1) is 6.13. The van der Waals surface area contributed by atoms with E-state index in [-0.39, 0.29) is 5.91 Å². The van der Waals surface area contributed by atoms with Crippen LogP contribution in [0.15, 0.2) is 35.3 Å². The molecular formula is C9H7BrClNO. The Labute approximate surface area is 89.7 Å². The summed E-state index contributed by atoms with van der Waals surface area (Å²) in [4.78, 5) is 10.9. The van der Waals surface area contributed by atoms with Crippen molar-refractivity contribution in [3.8, 4) is 0 Å². The maximum atomic E-state index is 10.9. The maximum absolute atomic E-state index is 10.9. The third-order valence-electron chi connectivity index (χ3n) is 1.37. The van der Waals surface area contributed by atoms with Gasteiger partial charge in [-0.2, -0.15) is 0 Å². The van der Waals surface area contributed by atoms with Crippen molar-refractivity contribution in [2.75, 3.05) is 5.32 Å². The second-order valence-electron chi connectivity index (χ2n) is 2.32. The molecule has 0 aliphatic rings. The molecule has 0 unspecified atom stereocenters. The molecule has 0 aliphatic heterocycles. The molecule has 0 bridgehead atoms. The van der Waals surface area contributed by atoms with Crippen molar-refractivity contribution in [3.05, 3.63) is 40.3 Å². The quantitative estimate of drug-likeness (QED) is 0.813. The number of carbonyl (C=O) groups excluding carboxylic acids is 1. The zero-order valence-electron chi connectivity index (χ0n) is 6.68. The lowest BCUT2D eigenvalue weighted by Crippen LogP contribution is -2.06. The zero-order chi connectivity index (χ0) is 9.84. The number of hydrogen-bond acceptors (Lipinski definition) is 1. The smallest absolute Gasteiger partial charge is 0.247 e. The highest BCUT2D eigenvalue weighted by Crippen LogP contribution is 2.25. The molecule has 1 aromatic carbocycles. The summed E-state index contributed by atoms with van der Waals surface area (Å²) in [7, 11) is 0. The summed E-state index contributed by atoms with van der Waals surface area (Å²) >= 11 is 9.06. The normalized spacial score (nSPS) is 9.38. The highest BCUT2D eigenvalue weighted by atomic mass is 79.9. The second-order valence-corrected chi connectivity index (χ2v) is 3.58. The van der Waals surface area contributed by atoms with Crippen LogP contribution >= 0.6 is 27.5 Å². The molecular weight excluding hydrogens is 253 g/mol. The lowest BCUT2D eigenvalue weighted by molar-refractivity contribution is -0.111. The molecule has 0 aliphatic carbocycles. The van der Waals surface area contributed by atoms with Gasteiger partial charge in [0.2, 0.25) is 5.91 Å². The number of benzene rings is 1. The van der Waals surface area contributed by atoms with E-state index in [4.69, 9.17) is 11.6 Å². The van der Waals surface area contributed by atoms with Gasteiger partial charge >= 0.3 is 0 Å². The Morgan fingerprint density at radius 2 is 2.31 bits per heavy atom. The van der Waals surface area contributed by atoms with Crippen LogP contribution in [0.2, 0.25) is 5.02 Å². The first kappa shape index (κ1) is 10.3. The number of hydrogen-bond donors (Lipinski definition) is 1. The first-order valence-corrected chi connectivity index (χ1v) is 4.69. The van der Waals surface area contributed by atoms with Crippen LogP contribution in [0.3, 0.4) is 0 Å². The number of carbonyl (C=O) groups is 1. The van der Waals surface area contributed by atoms with Crippen LogP contribution in [0.5, 0.6) is 0 Å². The standard InChI is InChI=1S/C9H7BrClNO/c1-2-9(13)12-6-3-4-7(10)8(11)5-6/h2-5H,1H2,(H,12,13). The number of nitrogens with one attached hydrogen (secondary N) is 1. The molecule has 2 nitrogen and oxygen atoms in total. The van der Waals surface area contributed by atoms with Crippen LogP contribution in [0.25, 0.3) is 0 Å². The Morgan fingerprint density at radius 1 is 1.62 bits per heavy atom. The fraction of sp³-hybridized carbons (Fsp3) is 0. The van der Waals surface area contributed by atoms with E-state index in [2.05, 4.69) is 27.8 Å². The van der Waals surface area contributed by atoms with Crippen LogP contribution in [0, 0.1) is 0 Å². The van der Waals surface area contributed by atoms with E-state index in [1.807, 2.05) is 0 Å². The molecule has 0 spiro atoms. The van der Waals surface area contributed by atoms with Crippen LogP contribution < -0.4 is 5.32 Å². The van der Waals surface area contributed by atoms with Gasteiger partial charge in [-0.3, -0.25) is 4.79 Å². The molecule has 1 aromatic rings. The summed E-state index contributed by atoms with van der Waals surface area (Å²) in [6.07, 6.45) is 1.20. The van der Waals surface area contributed by atoms with Gasteiger partial charge in [-0.25, -0.2) is 0 Å².